The van der Waals surface area contributed by atoms with E-state index in [2.05, 4.69) is 0 Å². The van der Waals surface area contributed by atoms with Crippen molar-refractivity contribution in [3.05, 3.63) is 23.8 Å². The highest BCUT2D eigenvalue weighted by Crippen LogP contribution is 2.30. The Hall–Kier alpha value is -1.25. The topological polar surface area (TPSA) is 72.6 Å². The maximum Gasteiger partial charge on any atom is 0.246 e. The van der Waals surface area contributed by atoms with Gasteiger partial charge in [-0.25, -0.2) is 17.2 Å². The van der Waals surface area contributed by atoms with Crippen LogP contribution in [0.15, 0.2) is 17.0 Å². The van der Waals surface area contributed by atoms with Crippen LogP contribution in [0.2, 0.25) is 0 Å². The highest BCUT2D eigenvalue weighted by Gasteiger charge is 2.41. The summed E-state index contributed by atoms with van der Waals surface area (Å²) >= 11 is 0. The number of sulfonamides is 1. The standard InChI is InChI=1S/C12H16F2N2O3S/c1-12(2)7-19-4-3-16(12)20(17,18)11-6-10(15)8(13)5-9(11)14/h5-6H,3-4,7,15H2,1-2H3. The monoisotopic (exact) mass is 306 g/mol. The van der Waals surface area contributed by atoms with Crippen LogP contribution in [0.5, 0.6) is 0 Å². The number of nitrogen functional groups attached to an aromatic ring is 1. The number of hydrogen-bond donors (Lipinski definition) is 1. The fraction of sp³-hybridized carbons (Fsp3) is 0.500. The van der Waals surface area contributed by atoms with Crippen LogP contribution >= 0.6 is 0 Å². The lowest BCUT2D eigenvalue weighted by Crippen LogP contribution is -2.55. The summed E-state index contributed by atoms with van der Waals surface area (Å²) in [7, 11) is -4.11. The minimum atomic E-state index is -4.11. The molecule has 20 heavy (non-hydrogen) atoms. The first-order valence-corrected chi connectivity index (χ1v) is 7.45. The third-order valence-corrected chi connectivity index (χ3v) is 5.31. The summed E-state index contributed by atoms with van der Waals surface area (Å²) in [6.07, 6.45) is 0. The summed E-state index contributed by atoms with van der Waals surface area (Å²) in [5.74, 6) is -2.14. The summed E-state index contributed by atoms with van der Waals surface area (Å²) in [5, 5.41) is 0. The maximum atomic E-state index is 13.8. The normalized spacial score (nSPS) is 20.0. The molecule has 0 atom stereocenters. The SMILES string of the molecule is CC1(C)COCCN1S(=O)(=O)c1cc(N)c(F)cc1F. The minimum Gasteiger partial charge on any atom is -0.396 e. The molecule has 1 saturated heterocycles. The minimum absolute atomic E-state index is 0.103. The Balaban J connectivity index is 2.53. The molecule has 1 aromatic rings. The van der Waals surface area contributed by atoms with Crippen molar-refractivity contribution < 1.29 is 21.9 Å². The quantitative estimate of drug-likeness (QED) is 0.837. The molecule has 8 heteroatoms. The van der Waals surface area contributed by atoms with Crippen molar-refractivity contribution in [1.82, 2.24) is 4.31 Å². The number of nitrogens with zero attached hydrogens (tertiary/aromatic N) is 1. The average Bonchev–Trinajstić information content (AvgIpc) is 2.32. The molecule has 1 aliphatic rings. The van der Waals surface area contributed by atoms with Crippen LogP contribution in [0.25, 0.3) is 0 Å². The number of halogens is 2. The van der Waals surface area contributed by atoms with Gasteiger partial charge in [0.25, 0.3) is 0 Å². The molecule has 1 fully saturated rings. The number of anilines is 1. The van der Waals surface area contributed by atoms with E-state index < -0.39 is 37.8 Å². The Morgan fingerprint density at radius 2 is 1.95 bits per heavy atom. The smallest absolute Gasteiger partial charge is 0.246 e. The first-order valence-electron chi connectivity index (χ1n) is 6.01. The number of morpholine rings is 1. The lowest BCUT2D eigenvalue weighted by atomic mass is 10.1. The molecule has 5 nitrogen and oxygen atoms in total. The van der Waals surface area contributed by atoms with Crippen molar-refractivity contribution in [1.29, 1.82) is 0 Å². The molecular weight excluding hydrogens is 290 g/mol. The second-order valence-corrected chi connectivity index (χ2v) is 7.08. The highest BCUT2D eigenvalue weighted by atomic mass is 32.2. The molecule has 1 aromatic carbocycles. The van der Waals surface area contributed by atoms with E-state index in [-0.39, 0.29) is 19.8 Å². The molecule has 0 spiro atoms. The first-order chi connectivity index (χ1) is 9.16. The zero-order valence-electron chi connectivity index (χ0n) is 11.2. The second kappa shape index (κ2) is 4.94. The second-order valence-electron chi connectivity index (χ2n) is 5.25. The summed E-state index contributed by atoms with van der Waals surface area (Å²) in [4.78, 5) is -0.619. The van der Waals surface area contributed by atoms with E-state index in [9.17, 15) is 17.2 Å². The van der Waals surface area contributed by atoms with Crippen LogP contribution in [0.3, 0.4) is 0 Å². The predicted molar refractivity (Wildman–Crippen MR) is 69.6 cm³/mol. The van der Waals surface area contributed by atoms with Gasteiger partial charge in [0, 0.05) is 12.6 Å². The maximum absolute atomic E-state index is 13.8. The Kier molecular flexibility index (Phi) is 3.74. The molecule has 112 valence electrons. The Labute approximate surface area is 116 Å². The van der Waals surface area contributed by atoms with E-state index in [1.165, 1.54) is 0 Å². The van der Waals surface area contributed by atoms with Crippen LogP contribution in [0, 0.1) is 11.6 Å². The van der Waals surface area contributed by atoms with E-state index in [0.717, 1.165) is 10.4 Å². The molecule has 0 amide bonds. The van der Waals surface area contributed by atoms with Crippen LogP contribution in [-0.4, -0.2) is 38.0 Å². The largest absolute Gasteiger partial charge is 0.396 e. The molecule has 2 rings (SSSR count). The van der Waals surface area contributed by atoms with Crippen molar-refractivity contribution in [2.24, 2.45) is 0 Å². The van der Waals surface area contributed by atoms with Gasteiger partial charge in [-0.15, -0.1) is 0 Å². The molecule has 0 aromatic heterocycles. The summed E-state index contributed by atoms with van der Waals surface area (Å²) in [6.45, 7) is 3.88. The third-order valence-electron chi connectivity index (χ3n) is 3.19. The number of benzene rings is 1. The molecule has 2 N–H and O–H groups in total. The average molecular weight is 306 g/mol. The molecule has 0 unspecified atom stereocenters. The Morgan fingerprint density at radius 1 is 1.30 bits per heavy atom. The van der Waals surface area contributed by atoms with Gasteiger partial charge in [0.1, 0.15) is 16.5 Å². The molecule has 0 radical (unpaired) electrons. The summed E-state index contributed by atoms with van der Waals surface area (Å²) in [6, 6.07) is 1.29. The number of ether oxygens (including phenoxy) is 1. The van der Waals surface area contributed by atoms with Gasteiger partial charge >= 0.3 is 0 Å². The fourth-order valence-electron chi connectivity index (χ4n) is 2.15. The first kappa shape index (κ1) is 15.1. The van der Waals surface area contributed by atoms with Crippen molar-refractivity contribution in [2.45, 2.75) is 24.3 Å². The van der Waals surface area contributed by atoms with Crippen molar-refractivity contribution >= 4 is 15.7 Å². The number of hydrogen-bond acceptors (Lipinski definition) is 4. The van der Waals surface area contributed by atoms with Crippen molar-refractivity contribution in [2.75, 3.05) is 25.5 Å². The Bertz CT molecular complexity index is 632. The molecular formula is C12H16F2N2O3S. The van der Waals surface area contributed by atoms with Gasteiger partial charge in [0.05, 0.1) is 24.4 Å². The van der Waals surface area contributed by atoms with E-state index in [0.29, 0.717) is 6.07 Å². The predicted octanol–water partition coefficient (Wildman–Crippen LogP) is 1.35. The van der Waals surface area contributed by atoms with E-state index in [1.807, 2.05) is 0 Å². The van der Waals surface area contributed by atoms with Gasteiger partial charge in [-0.3, -0.25) is 0 Å². The van der Waals surface area contributed by atoms with Crippen LogP contribution < -0.4 is 5.73 Å². The van der Waals surface area contributed by atoms with Gasteiger partial charge in [-0.1, -0.05) is 0 Å². The number of nitrogens with two attached hydrogens (primary N) is 1. The van der Waals surface area contributed by atoms with Gasteiger partial charge < -0.3 is 10.5 Å². The summed E-state index contributed by atoms with van der Waals surface area (Å²) in [5.41, 5.74) is 4.11. The van der Waals surface area contributed by atoms with Crippen molar-refractivity contribution in [3.8, 4) is 0 Å². The lowest BCUT2D eigenvalue weighted by molar-refractivity contribution is -0.00779. The van der Waals surface area contributed by atoms with Crippen LogP contribution in [-0.2, 0) is 14.8 Å². The Morgan fingerprint density at radius 3 is 2.55 bits per heavy atom. The van der Waals surface area contributed by atoms with Crippen LogP contribution in [0.4, 0.5) is 14.5 Å². The number of rotatable bonds is 2. The van der Waals surface area contributed by atoms with Gasteiger partial charge in [0.2, 0.25) is 10.0 Å². The van der Waals surface area contributed by atoms with Crippen molar-refractivity contribution in [3.63, 3.8) is 0 Å². The van der Waals surface area contributed by atoms with Gasteiger partial charge in [-0.05, 0) is 19.9 Å². The zero-order valence-corrected chi connectivity index (χ0v) is 12.0. The molecule has 0 aliphatic carbocycles. The molecule has 1 aliphatic heterocycles. The van der Waals surface area contributed by atoms with E-state index in [1.54, 1.807) is 13.8 Å². The van der Waals surface area contributed by atoms with Gasteiger partial charge in [0.15, 0.2) is 0 Å². The highest BCUT2D eigenvalue weighted by molar-refractivity contribution is 7.89. The molecule has 0 saturated carbocycles. The summed E-state index contributed by atoms with van der Waals surface area (Å²) < 4.78 is 58.4. The van der Waals surface area contributed by atoms with E-state index in [4.69, 9.17) is 10.5 Å². The van der Waals surface area contributed by atoms with Gasteiger partial charge in [-0.2, -0.15) is 4.31 Å². The molecule has 1 heterocycles. The lowest BCUT2D eigenvalue weighted by Gasteiger charge is -2.40. The molecule has 0 bridgehead atoms. The van der Waals surface area contributed by atoms with E-state index >= 15 is 0 Å². The fourth-order valence-corrected chi connectivity index (χ4v) is 3.99. The zero-order chi connectivity index (χ0) is 15.1. The third kappa shape index (κ3) is 2.50. The van der Waals surface area contributed by atoms with Crippen LogP contribution in [0.1, 0.15) is 13.8 Å².